The predicted octanol–water partition coefficient (Wildman–Crippen LogP) is 2.15. The molecule has 0 aromatic rings. The van der Waals surface area contributed by atoms with Gasteiger partial charge in [0.05, 0.1) is 13.0 Å². The van der Waals surface area contributed by atoms with Crippen LogP contribution in [0.2, 0.25) is 0 Å². The number of hydrogen-bond acceptors (Lipinski definition) is 2. The highest BCUT2D eigenvalue weighted by molar-refractivity contribution is 5.72. The lowest BCUT2D eigenvalue weighted by Crippen LogP contribution is -2.21. The molecule has 2 atom stereocenters. The molecule has 0 aliphatic heterocycles. The van der Waals surface area contributed by atoms with Gasteiger partial charge in [-0.15, -0.1) is 0 Å². The van der Waals surface area contributed by atoms with E-state index in [9.17, 15) is 4.79 Å². The molecular weight excluding hydrogens is 152 g/mol. The minimum absolute atomic E-state index is 0.0200. The summed E-state index contributed by atoms with van der Waals surface area (Å²) in [5.41, 5.74) is 0. The molecule has 0 bridgehead atoms. The Balaban J connectivity index is 2.50. The number of ether oxygens (including phenoxy) is 1. The second-order valence-corrected chi connectivity index (χ2v) is 3.33. The molecule has 0 spiro atoms. The zero-order valence-electron chi connectivity index (χ0n) is 7.75. The third-order valence-corrected chi connectivity index (χ3v) is 2.51. The van der Waals surface area contributed by atoms with Crippen LogP contribution in [-0.4, -0.2) is 13.1 Å². The second-order valence-electron chi connectivity index (χ2n) is 3.33. The number of carbonyl (C=O) groups excluding carboxylic acids is 1. The summed E-state index contributed by atoms with van der Waals surface area (Å²) >= 11 is 0. The summed E-state index contributed by atoms with van der Waals surface area (Å²) in [6, 6.07) is 0. The molecule has 1 rings (SSSR count). The van der Waals surface area contributed by atoms with Gasteiger partial charge in [0, 0.05) is 0 Å². The fourth-order valence-corrected chi connectivity index (χ4v) is 1.62. The van der Waals surface area contributed by atoms with E-state index in [4.69, 9.17) is 4.74 Å². The molecule has 0 amide bonds. The first-order chi connectivity index (χ1) is 5.75. The summed E-state index contributed by atoms with van der Waals surface area (Å²) in [5.74, 6) is 0.323. The van der Waals surface area contributed by atoms with Crippen LogP contribution in [0.1, 0.15) is 26.2 Å². The highest BCUT2D eigenvalue weighted by Crippen LogP contribution is 2.25. The van der Waals surface area contributed by atoms with Crippen molar-refractivity contribution in [3.05, 3.63) is 12.2 Å². The van der Waals surface area contributed by atoms with E-state index in [1.807, 2.05) is 6.92 Å². The van der Waals surface area contributed by atoms with E-state index >= 15 is 0 Å². The van der Waals surface area contributed by atoms with E-state index in [2.05, 4.69) is 12.2 Å². The maximum absolute atomic E-state index is 11.2. The lowest BCUT2D eigenvalue weighted by molar-refractivity contribution is -0.146. The minimum atomic E-state index is -0.0912. The smallest absolute Gasteiger partial charge is 0.308 e. The molecule has 0 aromatic carbocycles. The fraction of sp³-hybridized carbons (Fsp3) is 0.700. The number of esters is 1. The van der Waals surface area contributed by atoms with Crippen molar-refractivity contribution in [1.29, 1.82) is 0 Å². The van der Waals surface area contributed by atoms with Crippen LogP contribution in [0.3, 0.4) is 0 Å². The number of rotatable bonds is 2. The molecule has 2 heteroatoms. The van der Waals surface area contributed by atoms with E-state index in [1.54, 1.807) is 0 Å². The topological polar surface area (TPSA) is 26.3 Å². The Morgan fingerprint density at radius 3 is 2.92 bits per heavy atom. The highest BCUT2D eigenvalue weighted by Gasteiger charge is 2.23. The average Bonchev–Trinajstić information content (AvgIpc) is 2.17. The molecule has 2 nitrogen and oxygen atoms in total. The van der Waals surface area contributed by atoms with Crippen LogP contribution < -0.4 is 0 Å². The lowest BCUT2D eigenvalue weighted by atomic mass is 9.86. The molecule has 68 valence electrons. The molecule has 0 heterocycles. The van der Waals surface area contributed by atoms with Crippen molar-refractivity contribution in [2.45, 2.75) is 26.2 Å². The molecule has 0 N–H and O–H groups in total. The lowest BCUT2D eigenvalue weighted by Gasteiger charge is -2.21. The number of hydrogen-bond donors (Lipinski definition) is 0. The van der Waals surface area contributed by atoms with Gasteiger partial charge < -0.3 is 4.74 Å². The Morgan fingerprint density at radius 2 is 2.42 bits per heavy atom. The Hall–Kier alpha value is -0.790. The van der Waals surface area contributed by atoms with Crippen LogP contribution in [0.5, 0.6) is 0 Å². The number of carbonyl (C=O) groups is 1. The molecule has 1 aliphatic carbocycles. The summed E-state index contributed by atoms with van der Waals surface area (Å²) in [4.78, 5) is 11.2. The van der Waals surface area contributed by atoms with Crippen molar-refractivity contribution < 1.29 is 9.53 Å². The van der Waals surface area contributed by atoms with Gasteiger partial charge in [-0.2, -0.15) is 0 Å². The minimum Gasteiger partial charge on any atom is -0.469 e. The fourth-order valence-electron chi connectivity index (χ4n) is 1.62. The van der Waals surface area contributed by atoms with E-state index in [0.29, 0.717) is 5.92 Å². The van der Waals surface area contributed by atoms with E-state index in [-0.39, 0.29) is 11.9 Å². The standard InChI is InChI=1S/C10H16O2/c1-8(10(11)12-2)9-6-4-3-5-7-9/h4,6,8-9H,3,5,7H2,1-2H3. The molecule has 0 fully saturated rings. The number of methoxy groups -OCH3 is 1. The van der Waals surface area contributed by atoms with Gasteiger partial charge in [-0.25, -0.2) is 0 Å². The normalized spacial score (nSPS) is 25.0. The van der Waals surface area contributed by atoms with Gasteiger partial charge in [0.1, 0.15) is 0 Å². The van der Waals surface area contributed by atoms with Crippen LogP contribution in [0.25, 0.3) is 0 Å². The van der Waals surface area contributed by atoms with Gasteiger partial charge in [-0.05, 0) is 25.2 Å². The van der Waals surface area contributed by atoms with Crippen molar-refractivity contribution in [1.82, 2.24) is 0 Å². The van der Waals surface area contributed by atoms with Crippen LogP contribution >= 0.6 is 0 Å². The van der Waals surface area contributed by atoms with Gasteiger partial charge in [0.25, 0.3) is 0 Å². The first kappa shape index (κ1) is 9.30. The maximum Gasteiger partial charge on any atom is 0.308 e. The molecule has 2 unspecified atom stereocenters. The third-order valence-electron chi connectivity index (χ3n) is 2.51. The molecule has 12 heavy (non-hydrogen) atoms. The van der Waals surface area contributed by atoms with Crippen molar-refractivity contribution in [2.75, 3.05) is 7.11 Å². The molecule has 0 radical (unpaired) electrons. The first-order valence-electron chi connectivity index (χ1n) is 4.50. The third kappa shape index (κ3) is 2.10. The molecule has 0 saturated heterocycles. The quantitative estimate of drug-likeness (QED) is 0.466. The Morgan fingerprint density at radius 1 is 1.67 bits per heavy atom. The Labute approximate surface area is 73.6 Å². The van der Waals surface area contributed by atoms with Gasteiger partial charge in [-0.3, -0.25) is 4.79 Å². The van der Waals surface area contributed by atoms with Crippen molar-refractivity contribution in [3.8, 4) is 0 Å². The van der Waals surface area contributed by atoms with Gasteiger partial charge in [-0.1, -0.05) is 19.1 Å². The highest BCUT2D eigenvalue weighted by atomic mass is 16.5. The predicted molar refractivity (Wildman–Crippen MR) is 47.7 cm³/mol. The molecule has 0 saturated carbocycles. The van der Waals surface area contributed by atoms with E-state index < -0.39 is 0 Å². The van der Waals surface area contributed by atoms with Crippen LogP contribution in [0.4, 0.5) is 0 Å². The van der Waals surface area contributed by atoms with Crippen LogP contribution in [0, 0.1) is 11.8 Å². The van der Waals surface area contributed by atoms with Crippen molar-refractivity contribution >= 4 is 5.97 Å². The number of allylic oxidation sites excluding steroid dienone is 2. The monoisotopic (exact) mass is 168 g/mol. The zero-order valence-corrected chi connectivity index (χ0v) is 7.75. The summed E-state index contributed by atoms with van der Waals surface area (Å²) in [5, 5.41) is 0. The first-order valence-corrected chi connectivity index (χ1v) is 4.50. The van der Waals surface area contributed by atoms with Crippen LogP contribution in [-0.2, 0) is 9.53 Å². The average molecular weight is 168 g/mol. The molecular formula is C10H16O2. The van der Waals surface area contributed by atoms with E-state index in [1.165, 1.54) is 13.5 Å². The molecule has 0 aromatic heterocycles. The maximum atomic E-state index is 11.2. The SMILES string of the molecule is COC(=O)C(C)C1C=CCCC1. The largest absolute Gasteiger partial charge is 0.469 e. The van der Waals surface area contributed by atoms with Gasteiger partial charge in [0.15, 0.2) is 0 Å². The Bertz CT molecular complexity index is 184. The zero-order chi connectivity index (χ0) is 8.97. The van der Waals surface area contributed by atoms with Gasteiger partial charge >= 0.3 is 5.97 Å². The van der Waals surface area contributed by atoms with Crippen molar-refractivity contribution in [3.63, 3.8) is 0 Å². The van der Waals surface area contributed by atoms with Crippen LogP contribution in [0.15, 0.2) is 12.2 Å². The summed E-state index contributed by atoms with van der Waals surface area (Å²) in [6.07, 6.45) is 7.78. The Kier molecular flexibility index (Phi) is 3.32. The summed E-state index contributed by atoms with van der Waals surface area (Å²) in [6.45, 7) is 1.94. The summed E-state index contributed by atoms with van der Waals surface area (Å²) < 4.78 is 4.69. The molecule has 1 aliphatic rings. The second kappa shape index (κ2) is 4.29. The van der Waals surface area contributed by atoms with Crippen molar-refractivity contribution in [2.24, 2.45) is 11.8 Å². The van der Waals surface area contributed by atoms with Gasteiger partial charge in [0.2, 0.25) is 0 Å². The summed E-state index contributed by atoms with van der Waals surface area (Å²) in [7, 11) is 1.45. The van der Waals surface area contributed by atoms with E-state index in [0.717, 1.165) is 12.8 Å².